The van der Waals surface area contributed by atoms with Gasteiger partial charge in [-0.2, -0.15) is 0 Å². The maximum absolute atomic E-state index is 12.2. The van der Waals surface area contributed by atoms with Crippen LogP contribution in [0.1, 0.15) is 26.2 Å². The lowest BCUT2D eigenvalue weighted by atomic mass is 10.3. The third-order valence-electron chi connectivity index (χ3n) is 3.27. The standard InChI is InChI=1S/C13H26N4O2/c1-2-3-8-17(10-12(14)18)13(19)11-16-7-4-5-15-6-9-16/h15H,2-11H2,1H3,(H2,14,18). The Balaban J connectivity index is 2.46. The molecule has 0 aromatic carbocycles. The Hall–Kier alpha value is -1.14. The molecule has 3 N–H and O–H groups in total. The minimum absolute atomic E-state index is 0.00847. The molecule has 6 heteroatoms. The first-order chi connectivity index (χ1) is 9.13. The summed E-state index contributed by atoms with van der Waals surface area (Å²) in [6, 6.07) is 0. The van der Waals surface area contributed by atoms with E-state index in [-0.39, 0.29) is 12.5 Å². The first-order valence-corrected chi connectivity index (χ1v) is 7.12. The fourth-order valence-electron chi connectivity index (χ4n) is 2.18. The summed E-state index contributed by atoms with van der Waals surface area (Å²) in [5.41, 5.74) is 5.20. The number of nitrogens with one attached hydrogen (secondary N) is 1. The van der Waals surface area contributed by atoms with Crippen molar-refractivity contribution in [2.24, 2.45) is 5.73 Å². The number of carbonyl (C=O) groups excluding carboxylic acids is 2. The van der Waals surface area contributed by atoms with Crippen molar-refractivity contribution in [2.75, 3.05) is 45.8 Å². The number of unbranched alkanes of at least 4 members (excludes halogenated alkanes) is 1. The van der Waals surface area contributed by atoms with E-state index in [0.29, 0.717) is 13.1 Å². The molecule has 1 fully saturated rings. The molecule has 0 radical (unpaired) electrons. The van der Waals surface area contributed by atoms with Gasteiger partial charge in [0.05, 0.1) is 13.1 Å². The molecular weight excluding hydrogens is 244 g/mol. The number of nitrogens with two attached hydrogens (primary N) is 1. The lowest BCUT2D eigenvalue weighted by Crippen LogP contribution is -2.45. The average molecular weight is 270 g/mol. The molecule has 2 amide bonds. The second kappa shape index (κ2) is 8.87. The van der Waals surface area contributed by atoms with Crippen LogP contribution in [0.4, 0.5) is 0 Å². The molecule has 0 atom stereocenters. The molecule has 0 unspecified atom stereocenters. The van der Waals surface area contributed by atoms with E-state index in [9.17, 15) is 9.59 Å². The molecule has 0 aromatic heterocycles. The van der Waals surface area contributed by atoms with Gasteiger partial charge in [-0.15, -0.1) is 0 Å². The molecule has 1 saturated heterocycles. The largest absolute Gasteiger partial charge is 0.368 e. The molecule has 1 rings (SSSR count). The van der Waals surface area contributed by atoms with Crippen LogP contribution < -0.4 is 11.1 Å². The van der Waals surface area contributed by atoms with Crippen molar-refractivity contribution < 1.29 is 9.59 Å². The second-order valence-corrected chi connectivity index (χ2v) is 5.01. The summed E-state index contributed by atoms with van der Waals surface area (Å²) in [5.74, 6) is -0.434. The van der Waals surface area contributed by atoms with E-state index in [1.807, 2.05) is 0 Å². The Kier molecular flexibility index (Phi) is 7.43. The lowest BCUT2D eigenvalue weighted by molar-refractivity contribution is -0.136. The van der Waals surface area contributed by atoms with Crippen LogP contribution in [0.5, 0.6) is 0 Å². The summed E-state index contributed by atoms with van der Waals surface area (Å²) in [6.45, 7) is 6.83. The number of hydrogen-bond acceptors (Lipinski definition) is 4. The van der Waals surface area contributed by atoms with Crippen molar-refractivity contribution in [3.63, 3.8) is 0 Å². The Bertz CT molecular complexity index is 288. The van der Waals surface area contributed by atoms with Crippen molar-refractivity contribution in [3.05, 3.63) is 0 Å². The van der Waals surface area contributed by atoms with Gasteiger partial charge >= 0.3 is 0 Å². The third kappa shape index (κ3) is 6.54. The van der Waals surface area contributed by atoms with Gasteiger partial charge < -0.3 is 16.0 Å². The van der Waals surface area contributed by atoms with Crippen LogP contribution in [0, 0.1) is 0 Å². The number of carbonyl (C=O) groups is 2. The average Bonchev–Trinajstić information content (AvgIpc) is 2.62. The van der Waals surface area contributed by atoms with Crippen molar-refractivity contribution in [1.82, 2.24) is 15.1 Å². The fourth-order valence-corrected chi connectivity index (χ4v) is 2.18. The molecule has 6 nitrogen and oxygen atoms in total. The molecule has 0 aliphatic carbocycles. The maximum atomic E-state index is 12.2. The predicted molar refractivity (Wildman–Crippen MR) is 74.6 cm³/mol. The minimum Gasteiger partial charge on any atom is -0.368 e. The maximum Gasteiger partial charge on any atom is 0.237 e. The fraction of sp³-hybridized carbons (Fsp3) is 0.846. The second-order valence-electron chi connectivity index (χ2n) is 5.01. The van der Waals surface area contributed by atoms with E-state index in [0.717, 1.165) is 45.4 Å². The molecule has 1 aliphatic rings. The first kappa shape index (κ1) is 15.9. The van der Waals surface area contributed by atoms with Gasteiger partial charge in [-0.25, -0.2) is 0 Å². The van der Waals surface area contributed by atoms with Crippen LogP contribution in [0.25, 0.3) is 0 Å². The Morgan fingerprint density at radius 2 is 2.11 bits per heavy atom. The van der Waals surface area contributed by atoms with Crippen LogP contribution in [-0.4, -0.2) is 67.4 Å². The quantitative estimate of drug-likeness (QED) is 0.647. The Labute approximate surface area is 115 Å². The number of rotatable bonds is 7. The SMILES string of the molecule is CCCCN(CC(N)=O)C(=O)CN1CCCNCC1. The van der Waals surface area contributed by atoms with Gasteiger partial charge in [0, 0.05) is 19.6 Å². The highest BCUT2D eigenvalue weighted by Crippen LogP contribution is 2.00. The van der Waals surface area contributed by atoms with Gasteiger partial charge in [-0.3, -0.25) is 14.5 Å². The summed E-state index contributed by atoms with van der Waals surface area (Å²) in [7, 11) is 0. The topological polar surface area (TPSA) is 78.7 Å². The zero-order valence-corrected chi connectivity index (χ0v) is 11.9. The number of nitrogens with zero attached hydrogens (tertiary/aromatic N) is 2. The zero-order valence-electron chi connectivity index (χ0n) is 11.9. The van der Waals surface area contributed by atoms with E-state index in [4.69, 9.17) is 5.73 Å². The van der Waals surface area contributed by atoms with E-state index in [1.165, 1.54) is 0 Å². The number of hydrogen-bond donors (Lipinski definition) is 2. The zero-order chi connectivity index (χ0) is 14.1. The van der Waals surface area contributed by atoms with Gasteiger partial charge in [0.2, 0.25) is 11.8 Å². The molecule has 0 aromatic rings. The highest BCUT2D eigenvalue weighted by atomic mass is 16.2. The lowest BCUT2D eigenvalue weighted by Gasteiger charge is -2.25. The summed E-state index contributed by atoms with van der Waals surface area (Å²) in [6.07, 6.45) is 2.95. The van der Waals surface area contributed by atoms with Gasteiger partial charge in [0.15, 0.2) is 0 Å². The van der Waals surface area contributed by atoms with Gasteiger partial charge in [-0.05, 0) is 25.9 Å². The van der Waals surface area contributed by atoms with Crippen LogP contribution in [0.3, 0.4) is 0 Å². The molecule has 19 heavy (non-hydrogen) atoms. The number of primary amides is 1. The summed E-state index contributed by atoms with van der Waals surface area (Å²) >= 11 is 0. The van der Waals surface area contributed by atoms with E-state index < -0.39 is 5.91 Å². The van der Waals surface area contributed by atoms with Crippen molar-refractivity contribution >= 4 is 11.8 Å². The minimum atomic E-state index is -0.443. The molecular formula is C13H26N4O2. The van der Waals surface area contributed by atoms with E-state index in [2.05, 4.69) is 17.1 Å². The summed E-state index contributed by atoms with van der Waals surface area (Å²) < 4.78 is 0. The molecule has 1 heterocycles. The van der Waals surface area contributed by atoms with Gasteiger partial charge in [0.1, 0.15) is 0 Å². The number of amides is 2. The highest BCUT2D eigenvalue weighted by Gasteiger charge is 2.19. The van der Waals surface area contributed by atoms with Gasteiger partial charge in [-0.1, -0.05) is 13.3 Å². The van der Waals surface area contributed by atoms with Crippen LogP contribution >= 0.6 is 0 Å². The molecule has 1 aliphatic heterocycles. The van der Waals surface area contributed by atoms with Crippen LogP contribution in [0.15, 0.2) is 0 Å². The summed E-state index contributed by atoms with van der Waals surface area (Å²) in [4.78, 5) is 27.0. The Morgan fingerprint density at radius 3 is 2.79 bits per heavy atom. The third-order valence-corrected chi connectivity index (χ3v) is 3.27. The van der Waals surface area contributed by atoms with Crippen molar-refractivity contribution in [3.8, 4) is 0 Å². The smallest absolute Gasteiger partial charge is 0.237 e. The molecule has 110 valence electrons. The van der Waals surface area contributed by atoms with E-state index in [1.54, 1.807) is 4.90 Å². The van der Waals surface area contributed by atoms with Crippen LogP contribution in [0.2, 0.25) is 0 Å². The summed E-state index contributed by atoms with van der Waals surface area (Å²) in [5, 5.41) is 3.31. The van der Waals surface area contributed by atoms with Crippen molar-refractivity contribution in [1.29, 1.82) is 0 Å². The Morgan fingerprint density at radius 1 is 1.32 bits per heavy atom. The van der Waals surface area contributed by atoms with Crippen LogP contribution in [-0.2, 0) is 9.59 Å². The molecule has 0 spiro atoms. The normalized spacial score (nSPS) is 16.9. The predicted octanol–water partition coefficient (Wildman–Crippen LogP) is -0.604. The van der Waals surface area contributed by atoms with E-state index >= 15 is 0 Å². The highest BCUT2D eigenvalue weighted by molar-refractivity contribution is 5.84. The van der Waals surface area contributed by atoms with Gasteiger partial charge in [0.25, 0.3) is 0 Å². The first-order valence-electron chi connectivity index (χ1n) is 7.12. The molecule has 0 saturated carbocycles. The van der Waals surface area contributed by atoms with Crippen molar-refractivity contribution in [2.45, 2.75) is 26.2 Å². The monoisotopic (exact) mass is 270 g/mol. The molecule has 0 bridgehead atoms.